The van der Waals surface area contributed by atoms with E-state index in [4.69, 9.17) is 5.26 Å². The molecule has 0 heterocycles. The van der Waals surface area contributed by atoms with Gasteiger partial charge in [0.2, 0.25) is 0 Å². The topological polar surface area (TPSA) is 104 Å². The molecule has 7 nitrogen and oxygen atoms in total. The molecule has 28 heavy (non-hydrogen) atoms. The number of halogens is 3. The smallest absolute Gasteiger partial charge is 0.385 e. The minimum absolute atomic E-state index is 0.0650. The maximum Gasteiger partial charge on any atom is 0.416 e. The lowest BCUT2D eigenvalue weighted by Gasteiger charge is -2.08. The number of anilines is 2. The van der Waals surface area contributed by atoms with Crippen LogP contribution in [-0.2, 0) is 20.6 Å². The van der Waals surface area contributed by atoms with Crippen LogP contribution in [-0.4, -0.2) is 24.6 Å². The number of amides is 2. The first kappa shape index (κ1) is 20.4. The Bertz CT molecular complexity index is 919. The Hall–Kier alpha value is -3.87. The molecular formula is C18H13F3N4O3. The van der Waals surface area contributed by atoms with Crippen molar-refractivity contribution in [1.29, 1.82) is 5.26 Å². The Labute approximate surface area is 157 Å². The lowest BCUT2D eigenvalue weighted by atomic mass is 10.2. The number of hydrogen-bond donors (Lipinski definition) is 2. The highest BCUT2D eigenvalue weighted by Crippen LogP contribution is 2.30. The quantitative estimate of drug-likeness (QED) is 0.584. The van der Waals surface area contributed by atoms with Crippen LogP contribution < -0.4 is 10.6 Å². The molecule has 0 spiro atoms. The summed E-state index contributed by atoms with van der Waals surface area (Å²) in [6, 6.07) is 12.1. The zero-order valence-corrected chi connectivity index (χ0v) is 14.2. The van der Waals surface area contributed by atoms with E-state index in [0.29, 0.717) is 17.5 Å². The van der Waals surface area contributed by atoms with Gasteiger partial charge >= 0.3 is 6.18 Å². The van der Waals surface area contributed by atoms with Crippen LogP contribution in [0.25, 0.3) is 0 Å². The Morgan fingerprint density at radius 1 is 1.11 bits per heavy atom. The molecule has 0 saturated heterocycles. The van der Waals surface area contributed by atoms with E-state index >= 15 is 0 Å². The first-order chi connectivity index (χ1) is 13.3. The number of oxime groups is 1. The first-order valence-electron chi connectivity index (χ1n) is 7.71. The molecule has 0 bridgehead atoms. The minimum atomic E-state index is -4.53. The van der Waals surface area contributed by atoms with Crippen LogP contribution in [0.4, 0.5) is 24.5 Å². The Kier molecular flexibility index (Phi) is 6.70. The standard InChI is InChI=1S/C18H13F3N4O3/c19-18(20,21)13-2-1-3-15(8-13)25-16(26)10-23-28-11-17(27)24-14-6-4-12(9-22)5-7-14/h1-8,10H,11H2,(H,24,27)(H,25,26)/b23-10-. The summed E-state index contributed by atoms with van der Waals surface area (Å²) in [6.07, 6.45) is -3.84. The molecule has 2 amide bonds. The van der Waals surface area contributed by atoms with Crippen LogP contribution in [0.3, 0.4) is 0 Å². The van der Waals surface area contributed by atoms with Crippen LogP contribution in [0.2, 0.25) is 0 Å². The third-order valence-electron chi connectivity index (χ3n) is 3.20. The highest BCUT2D eigenvalue weighted by molar-refractivity contribution is 6.31. The maximum atomic E-state index is 12.6. The van der Waals surface area contributed by atoms with Gasteiger partial charge in [0.1, 0.15) is 6.21 Å². The highest BCUT2D eigenvalue weighted by atomic mass is 19.4. The van der Waals surface area contributed by atoms with Gasteiger partial charge in [-0.3, -0.25) is 9.59 Å². The molecule has 0 aliphatic carbocycles. The van der Waals surface area contributed by atoms with Gasteiger partial charge in [-0.25, -0.2) is 0 Å². The summed E-state index contributed by atoms with van der Waals surface area (Å²) in [5, 5.41) is 16.7. The average Bonchev–Trinajstić information content (AvgIpc) is 2.65. The fourth-order valence-electron chi connectivity index (χ4n) is 1.95. The number of hydrogen-bond acceptors (Lipinski definition) is 5. The van der Waals surface area contributed by atoms with Crippen molar-refractivity contribution >= 4 is 29.4 Å². The fraction of sp³-hybridized carbons (Fsp3) is 0.111. The van der Waals surface area contributed by atoms with Crippen molar-refractivity contribution < 1.29 is 27.6 Å². The number of benzene rings is 2. The van der Waals surface area contributed by atoms with Crippen molar-refractivity contribution in [3.05, 3.63) is 59.7 Å². The summed E-state index contributed by atoms with van der Waals surface area (Å²) < 4.78 is 37.8. The van der Waals surface area contributed by atoms with E-state index < -0.39 is 30.2 Å². The van der Waals surface area contributed by atoms with Crippen LogP contribution in [0.1, 0.15) is 11.1 Å². The normalized spacial score (nSPS) is 10.9. The van der Waals surface area contributed by atoms with E-state index in [9.17, 15) is 22.8 Å². The summed E-state index contributed by atoms with van der Waals surface area (Å²) in [4.78, 5) is 27.9. The number of nitrogens with zero attached hydrogens (tertiary/aromatic N) is 2. The van der Waals surface area contributed by atoms with E-state index in [1.54, 1.807) is 0 Å². The van der Waals surface area contributed by atoms with E-state index in [0.717, 1.165) is 18.2 Å². The van der Waals surface area contributed by atoms with Crippen molar-refractivity contribution in [2.24, 2.45) is 5.16 Å². The predicted molar refractivity (Wildman–Crippen MR) is 94.3 cm³/mol. The van der Waals surface area contributed by atoms with Crippen LogP contribution in [0, 0.1) is 11.3 Å². The highest BCUT2D eigenvalue weighted by Gasteiger charge is 2.30. The average molecular weight is 390 g/mol. The largest absolute Gasteiger partial charge is 0.416 e. The van der Waals surface area contributed by atoms with E-state index in [1.165, 1.54) is 30.3 Å². The van der Waals surface area contributed by atoms with Crippen LogP contribution in [0.5, 0.6) is 0 Å². The summed E-state index contributed by atoms with van der Waals surface area (Å²) in [7, 11) is 0. The molecular weight excluding hydrogens is 377 g/mol. The second kappa shape index (κ2) is 9.18. The number of carbonyl (C=O) groups is 2. The summed E-state index contributed by atoms with van der Waals surface area (Å²) >= 11 is 0. The van der Waals surface area contributed by atoms with Gasteiger partial charge in [0.15, 0.2) is 6.61 Å². The third-order valence-corrected chi connectivity index (χ3v) is 3.20. The molecule has 0 fully saturated rings. The predicted octanol–water partition coefficient (Wildman–Crippen LogP) is 3.16. The fourth-order valence-corrected chi connectivity index (χ4v) is 1.95. The first-order valence-corrected chi connectivity index (χ1v) is 7.71. The Morgan fingerprint density at radius 3 is 2.46 bits per heavy atom. The SMILES string of the molecule is N#Cc1ccc(NC(=O)CO/N=C\C(=O)Nc2cccc(C(F)(F)F)c2)cc1. The van der Waals surface area contributed by atoms with Crippen molar-refractivity contribution in [3.8, 4) is 6.07 Å². The van der Waals surface area contributed by atoms with Crippen LogP contribution >= 0.6 is 0 Å². The summed E-state index contributed by atoms with van der Waals surface area (Å²) in [5.74, 6) is -1.38. The molecule has 10 heteroatoms. The summed E-state index contributed by atoms with van der Waals surface area (Å²) in [5.41, 5.74) is -0.0905. The van der Waals surface area contributed by atoms with Gasteiger partial charge in [-0.1, -0.05) is 11.2 Å². The number of nitriles is 1. The second-order valence-corrected chi connectivity index (χ2v) is 5.31. The number of alkyl halides is 3. The molecule has 2 aromatic carbocycles. The molecule has 2 N–H and O–H groups in total. The van der Waals surface area contributed by atoms with Gasteiger partial charge in [0.25, 0.3) is 11.8 Å². The molecule has 0 unspecified atom stereocenters. The van der Waals surface area contributed by atoms with Crippen molar-refractivity contribution in [1.82, 2.24) is 0 Å². The van der Waals surface area contributed by atoms with E-state index in [2.05, 4.69) is 20.6 Å². The lowest BCUT2D eigenvalue weighted by molar-refractivity contribution is -0.137. The zero-order valence-electron chi connectivity index (χ0n) is 14.2. The lowest BCUT2D eigenvalue weighted by Crippen LogP contribution is -2.18. The van der Waals surface area contributed by atoms with E-state index in [-0.39, 0.29) is 5.69 Å². The Morgan fingerprint density at radius 2 is 1.82 bits per heavy atom. The monoisotopic (exact) mass is 390 g/mol. The molecule has 0 atom stereocenters. The molecule has 0 radical (unpaired) electrons. The maximum absolute atomic E-state index is 12.6. The van der Waals surface area contributed by atoms with Crippen molar-refractivity contribution in [2.75, 3.05) is 17.2 Å². The van der Waals surface area contributed by atoms with Crippen LogP contribution in [0.15, 0.2) is 53.7 Å². The molecule has 0 aromatic heterocycles. The number of carbonyl (C=O) groups excluding carboxylic acids is 2. The van der Waals surface area contributed by atoms with Gasteiger partial charge < -0.3 is 15.5 Å². The summed E-state index contributed by atoms with van der Waals surface area (Å²) in [6.45, 7) is -0.493. The molecule has 0 saturated carbocycles. The molecule has 2 aromatic rings. The van der Waals surface area contributed by atoms with Gasteiger partial charge in [0, 0.05) is 11.4 Å². The zero-order chi connectivity index (χ0) is 20.6. The minimum Gasteiger partial charge on any atom is -0.385 e. The molecule has 0 aliphatic rings. The Balaban J connectivity index is 1.78. The van der Waals surface area contributed by atoms with Gasteiger partial charge in [0.05, 0.1) is 17.2 Å². The van der Waals surface area contributed by atoms with Crippen molar-refractivity contribution in [3.63, 3.8) is 0 Å². The number of rotatable bonds is 6. The molecule has 144 valence electrons. The number of nitrogens with one attached hydrogen (secondary N) is 2. The second-order valence-electron chi connectivity index (χ2n) is 5.31. The molecule has 0 aliphatic heterocycles. The third kappa shape index (κ3) is 6.45. The van der Waals surface area contributed by atoms with Gasteiger partial charge in [-0.2, -0.15) is 18.4 Å². The van der Waals surface area contributed by atoms with E-state index in [1.807, 2.05) is 6.07 Å². The van der Waals surface area contributed by atoms with Crippen molar-refractivity contribution in [2.45, 2.75) is 6.18 Å². The van der Waals surface area contributed by atoms with Gasteiger partial charge in [-0.15, -0.1) is 0 Å². The molecule has 2 rings (SSSR count). The van der Waals surface area contributed by atoms with Gasteiger partial charge in [-0.05, 0) is 42.5 Å².